The third-order valence-corrected chi connectivity index (χ3v) is 6.99. The van der Waals surface area contributed by atoms with Gasteiger partial charge in [0.1, 0.15) is 11.4 Å². The highest BCUT2D eigenvalue weighted by Gasteiger charge is 2.46. The van der Waals surface area contributed by atoms with Crippen LogP contribution in [-0.4, -0.2) is 53.3 Å². The van der Waals surface area contributed by atoms with E-state index in [1.165, 1.54) is 19.6 Å². The second-order valence-electron chi connectivity index (χ2n) is 9.39. The summed E-state index contributed by atoms with van der Waals surface area (Å²) in [5.41, 5.74) is 1.08. The number of nitrogens with one attached hydrogen (secondary N) is 2. The lowest BCUT2D eigenvalue weighted by atomic mass is 9.93. The van der Waals surface area contributed by atoms with E-state index in [1.54, 1.807) is 18.3 Å². The lowest BCUT2D eigenvalue weighted by Gasteiger charge is -2.26. The van der Waals surface area contributed by atoms with Crippen LogP contribution in [0, 0.1) is 17.7 Å². The molecule has 0 unspecified atom stereocenters. The molecule has 1 aromatic carbocycles. The minimum absolute atomic E-state index is 0.0230. The second kappa shape index (κ2) is 9.13. The Kier molecular flexibility index (Phi) is 6.05. The number of anilines is 2. The number of rotatable bonds is 7. The first-order valence-corrected chi connectivity index (χ1v) is 11.7. The number of piperidine rings is 1. The molecule has 2 heterocycles. The molecule has 9 heteroatoms. The van der Waals surface area contributed by atoms with Crippen LogP contribution in [0.2, 0.25) is 0 Å². The summed E-state index contributed by atoms with van der Waals surface area (Å²) < 4.78 is 19.1. The quantitative estimate of drug-likeness (QED) is 0.590. The van der Waals surface area contributed by atoms with Crippen LogP contribution in [0.3, 0.4) is 0 Å². The molecule has 0 bridgehead atoms. The number of methoxy groups -OCH3 is 1. The van der Waals surface area contributed by atoms with Gasteiger partial charge in [-0.2, -0.15) is 4.98 Å². The maximum atomic E-state index is 14.1. The van der Waals surface area contributed by atoms with Crippen LogP contribution < -0.4 is 20.3 Å². The number of aliphatic hydroxyl groups excluding tert-OH is 1. The van der Waals surface area contributed by atoms with E-state index in [1.807, 2.05) is 0 Å². The number of carbonyl (C=O) groups excluding carboxylic acids is 1. The molecule has 1 saturated heterocycles. The number of aliphatic hydroxyl groups is 1. The molecule has 176 valence electrons. The topological polar surface area (TPSA) is 99.6 Å². The van der Waals surface area contributed by atoms with Crippen molar-refractivity contribution in [1.82, 2.24) is 15.3 Å². The number of hydrogen-bond acceptors (Lipinski definition) is 7. The fraction of sp³-hybridized carbons (Fsp3) is 0.542. The van der Waals surface area contributed by atoms with Crippen LogP contribution >= 0.6 is 0 Å². The van der Waals surface area contributed by atoms with Crippen molar-refractivity contribution in [2.75, 3.05) is 30.4 Å². The molecule has 5 rings (SSSR count). The molecular weight excluding hydrogens is 425 g/mol. The minimum atomic E-state index is -0.436. The summed E-state index contributed by atoms with van der Waals surface area (Å²) in [6.45, 7) is 2.20. The van der Waals surface area contributed by atoms with Crippen LogP contribution in [0.1, 0.15) is 48.0 Å². The number of hydrogen-bond donors (Lipinski definition) is 3. The molecule has 2 atom stereocenters. The second-order valence-corrected chi connectivity index (χ2v) is 9.39. The molecule has 1 aromatic heterocycles. The minimum Gasteiger partial charge on any atom is -0.494 e. The van der Waals surface area contributed by atoms with E-state index < -0.39 is 5.82 Å². The maximum absolute atomic E-state index is 14.1. The van der Waals surface area contributed by atoms with Gasteiger partial charge in [-0.3, -0.25) is 4.79 Å². The molecule has 3 aliphatic rings. The third kappa shape index (κ3) is 4.88. The normalized spacial score (nSPS) is 26.0. The van der Waals surface area contributed by atoms with Crippen molar-refractivity contribution in [3.05, 3.63) is 41.3 Å². The smallest absolute Gasteiger partial charge is 0.256 e. The fourth-order valence-electron chi connectivity index (χ4n) is 4.88. The summed E-state index contributed by atoms with van der Waals surface area (Å²) in [5, 5.41) is 16.0. The Morgan fingerprint density at radius 2 is 2.00 bits per heavy atom. The van der Waals surface area contributed by atoms with Gasteiger partial charge in [0.15, 0.2) is 11.6 Å². The standard InChI is InChI=1S/C24H30FN5O3/c1-33-21-7-2-14(8-20(21)25)10-26-22-19(23(32)28-17-3-5-18(31)6-4-17)11-27-24(29-22)30-12-15-9-16(15)13-30/h2,7-8,11,15-18,31H,3-6,9-10,12-13H2,1H3,(H,28,32)(H,26,27,29)/t15-,16-,17?,18?/m0/s1. The fourth-order valence-corrected chi connectivity index (χ4v) is 4.88. The van der Waals surface area contributed by atoms with Crippen molar-refractivity contribution in [1.29, 1.82) is 0 Å². The van der Waals surface area contributed by atoms with Gasteiger partial charge in [0, 0.05) is 31.9 Å². The lowest BCUT2D eigenvalue weighted by molar-refractivity contribution is 0.0867. The summed E-state index contributed by atoms with van der Waals surface area (Å²) in [4.78, 5) is 24.4. The number of benzene rings is 1. The summed E-state index contributed by atoms with van der Waals surface area (Å²) in [6.07, 6.45) is 5.44. The summed E-state index contributed by atoms with van der Waals surface area (Å²) in [6, 6.07) is 4.79. The Morgan fingerprint density at radius 1 is 1.24 bits per heavy atom. The molecule has 3 fully saturated rings. The Hall–Kier alpha value is -2.94. The van der Waals surface area contributed by atoms with Gasteiger partial charge in [-0.1, -0.05) is 6.07 Å². The first kappa shape index (κ1) is 21.9. The van der Waals surface area contributed by atoms with E-state index >= 15 is 0 Å². The monoisotopic (exact) mass is 455 g/mol. The van der Waals surface area contributed by atoms with Gasteiger partial charge in [-0.05, 0) is 61.6 Å². The van der Waals surface area contributed by atoms with Gasteiger partial charge >= 0.3 is 0 Å². The highest BCUT2D eigenvalue weighted by atomic mass is 19.1. The van der Waals surface area contributed by atoms with Crippen LogP contribution in [0.25, 0.3) is 0 Å². The Bertz CT molecular complexity index is 1020. The molecule has 2 saturated carbocycles. The predicted molar refractivity (Wildman–Crippen MR) is 122 cm³/mol. The van der Waals surface area contributed by atoms with E-state index in [0.717, 1.165) is 37.8 Å². The summed E-state index contributed by atoms with van der Waals surface area (Å²) >= 11 is 0. The number of amides is 1. The first-order chi connectivity index (χ1) is 16.0. The van der Waals surface area contributed by atoms with Gasteiger partial charge < -0.3 is 25.4 Å². The predicted octanol–water partition coefficient (Wildman–Crippen LogP) is 2.73. The van der Waals surface area contributed by atoms with Crippen molar-refractivity contribution < 1.29 is 19.0 Å². The van der Waals surface area contributed by atoms with Gasteiger partial charge in [0.25, 0.3) is 5.91 Å². The van der Waals surface area contributed by atoms with Gasteiger partial charge in [0.05, 0.1) is 13.2 Å². The Labute approximate surface area is 192 Å². The van der Waals surface area contributed by atoms with Crippen molar-refractivity contribution >= 4 is 17.7 Å². The SMILES string of the molecule is COc1ccc(CNc2nc(N3C[C@@H]4C[C@H]4C3)ncc2C(=O)NC2CCC(O)CC2)cc1F. The zero-order valence-corrected chi connectivity index (χ0v) is 18.8. The highest BCUT2D eigenvalue weighted by Crippen LogP contribution is 2.45. The van der Waals surface area contributed by atoms with E-state index in [9.17, 15) is 14.3 Å². The van der Waals surface area contributed by atoms with Gasteiger partial charge in [0.2, 0.25) is 5.95 Å². The van der Waals surface area contributed by atoms with Crippen LogP contribution in [-0.2, 0) is 6.54 Å². The molecule has 0 radical (unpaired) electrons. The Balaban J connectivity index is 1.34. The number of carbonyl (C=O) groups is 1. The third-order valence-electron chi connectivity index (χ3n) is 6.99. The van der Waals surface area contributed by atoms with Gasteiger partial charge in [-0.15, -0.1) is 0 Å². The lowest BCUT2D eigenvalue weighted by Crippen LogP contribution is -2.39. The zero-order chi connectivity index (χ0) is 22.9. The number of fused-ring (bicyclic) bond motifs is 1. The molecule has 8 nitrogen and oxygen atoms in total. The van der Waals surface area contributed by atoms with Crippen LogP contribution in [0.15, 0.2) is 24.4 Å². The van der Waals surface area contributed by atoms with Gasteiger partial charge in [-0.25, -0.2) is 9.37 Å². The number of halogens is 1. The van der Waals surface area contributed by atoms with Crippen LogP contribution in [0.4, 0.5) is 16.2 Å². The van der Waals surface area contributed by atoms with E-state index in [-0.39, 0.29) is 23.8 Å². The first-order valence-electron chi connectivity index (χ1n) is 11.7. The summed E-state index contributed by atoms with van der Waals surface area (Å²) in [5.74, 6) is 2.03. The van der Waals surface area contributed by atoms with E-state index in [0.29, 0.717) is 42.3 Å². The largest absolute Gasteiger partial charge is 0.494 e. The van der Waals surface area contributed by atoms with Crippen molar-refractivity contribution in [2.45, 2.75) is 50.8 Å². The number of aromatic nitrogens is 2. The Morgan fingerprint density at radius 3 is 2.70 bits per heavy atom. The van der Waals surface area contributed by atoms with Crippen LogP contribution in [0.5, 0.6) is 5.75 Å². The molecule has 33 heavy (non-hydrogen) atoms. The zero-order valence-electron chi connectivity index (χ0n) is 18.8. The molecule has 2 aliphatic carbocycles. The van der Waals surface area contributed by atoms with Crippen molar-refractivity contribution in [2.24, 2.45) is 11.8 Å². The molecule has 2 aromatic rings. The molecule has 3 N–H and O–H groups in total. The van der Waals surface area contributed by atoms with Crippen molar-refractivity contribution in [3.63, 3.8) is 0 Å². The van der Waals surface area contributed by atoms with E-state index in [2.05, 4.69) is 20.5 Å². The number of ether oxygens (including phenoxy) is 1. The number of nitrogens with zero attached hydrogens (tertiary/aromatic N) is 3. The highest BCUT2D eigenvalue weighted by molar-refractivity contribution is 5.98. The van der Waals surface area contributed by atoms with E-state index in [4.69, 9.17) is 9.72 Å². The molecule has 1 aliphatic heterocycles. The molecular formula is C24H30FN5O3. The molecule has 0 spiro atoms. The molecule has 1 amide bonds. The summed E-state index contributed by atoms with van der Waals surface area (Å²) in [7, 11) is 1.43. The average molecular weight is 456 g/mol. The average Bonchev–Trinajstić information content (AvgIpc) is 3.43. The van der Waals surface area contributed by atoms with Crippen molar-refractivity contribution in [3.8, 4) is 5.75 Å². The maximum Gasteiger partial charge on any atom is 0.256 e.